The lowest BCUT2D eigenvalue weighted by molar-refractivity contribution is 0.0905. The third kappa shape index (κ3) is 2.81. The van der Waals surface area contributed by atoms with Gasteiger partial charge in [0.25, 0.3) is 5.91 Å². The Morgan fingerprint density at radius 3 is 2.67 bits per heavy atom. The maximum absolute atomic E-state index is 11.6. The van der Waals surface area contributed by atoms with Crippen LogP contribution in [-0.2, 0) is 0 Å². The lowest BCUT2D eigenvalue weighted by Gasteiger charge is -2.14. The Hall–Kier alpha value is -1.32. The summed E-state index contributed by atoms with van der Waals surface area (Å²) in [5.74, 6) is 0.165. The van der Waals surface area contributed by atoms with Crippen molar-refractivity contribution in [3.8, 4) is 0 Å². The highest BCUT2D eigenvalue weighted by Crippen LogP contribution is 2.17. The van der Waals surface area contributed by atoms with E-state index in [-0.39, 0.29) is 5.91 Å². The number of hydrogen-bond donors (Lipinski definition) is 1. The predicted octanol–water partition coefficient (Wildman–Crippen LogP) is 2.13. The van der Waals surface area contributed by atoms with Gasteiger partial charge < -0.3 is 9.73 Å². The molecule has 0 aromatic carbocycles. The molecule has 0 atom stereocenters. The van der Waals surface area contributed by atoms with Crippen molar-refractivity contribution in [3.05, 3.63) is 18.4 Å². The van der Waals surface area contributed by atoms with Gasteiger partial charge in [-0.3, -0.25) is 4.79 Å². The highest BCUT2D eigenvalue weighted by Gasteiger charge is 2.17. The first-order valence-corrected chi connectivity index (χ1v) is 5.55. The zero-order chi connectivity index (χ0) is 10.5. The molecule has 1 aromatic rings. The lowest BCUT2D eigenvalue weighted by atomic mass is 10.1. The van der Waals surface area contributed by atoms with Gasteiger partial charge in [0.05, 0.1) is 6.20 Å². The van der Waals surface area contributed by atoms with E-state index in [0.717, 1.165) is 12.8 Å². The zero-order valence-electron chi connectivity index (χ0n) is 8.74. The molecule has 0 radical (unpaired) electrons. The Bertz CT molecular complexity index is 300. The van der Waals surface area contributed by atoms with Crippen molar-refractivity contribution in [2.24, 2.45) is 0 Å². The van der Waals surface area contributed by atoms with Crippen molar-refractivity contribution in [1.29, 1.82) is 0 Å². The fourth-order valence-electron chi connectivity index (χ4n) is 2.01. The first-order chi connectivity index (χ1) is 7.36. The molecule has 1 heterocycles. The zero-order valence-corrected chi connectivity index (χ0v) is 8.74. The van der Waals surface area contributed by atoms with Crippen molar-refractivity contribution in [2.45, 2.75) is 44.6 Å². The van der Waals surface area contributed by atoms with E-state index in [4.69, 9.17) is 4.42 Å². The molecule has 1 aliphatic rings. The van der Waals surface area contributed by atoms with Gasteiger partial charge in [0, 0.05) is 6.04 Å². The van der Waals surface area contributed by atoms with Crippen LogP contribution in [0.15, 0.2) is 17.0 Å². The number of rotatable bonds is 2. The first-order valence-electron chi connectivity index (χ1n) is 5.55. The van der Waals surface area contributed by atoms with Crippen LogP contribution in [0, 0.1) is 0 Å². The molecule has 1 saturated carbocycles. The molecule has 0 bridgehead atoms. The molecule has 4 nitrogen and oxygen atoms in total. The summed E-state index contributed by atoms with van der Waals surface area (Å²) in [5.41, 5.74) is 0. The molecule has 1 fully saturated rings. The van der Waals surface area contributed by atoms with Crippen molar-refractivity contribution < 1.29 is 9.21 Å². The van der Waals surface area contributed by atoms with E-state index in [1.54, 1.807) is 0 Å². The fourth-order valence-corrected chi connectivity index (χ4v) is 2.01. The lowest BCUT2D eigenvalue weighted by Crippen LogP contribution is -2.34. The van der Waals surface area contributed by atoms with Crippen LogP contribution in [0.3, 0.4) is 0 Å². The van der Waals surface area contributed by atoms with Crippen molar-refractivity contribution in [3.63, 3.8) is 0 Å². The second kappa shape index (κ2) is 4.96. The van der Waals surface area contributed by atoms with Crippen molar-refractivity contribution >= 4 is 5.91 Å². The van der Waals surface area contributed by atoms with Gasteiger partial charge in [0.15, 0.2) is 6.39 Å². The summed E-state index contributed by atoms with van der Waals surface area (Å²) in [6, 6.07) is 0.310. The number of hydrogen-bond acceptors (Lipinski definition) is 3. The number of amides is 1. The topological polar surface area (TPSA) is 55.1 Å². The monoisotopic (exact) mass is 208 g/mol. The largest absolute Gasteiger partial charge is 0.438 e. The maximum Gasteiger partial charge on any atom is 0.288 e. The third-order valence-electron chi connectivity index (χ3n) is 2.85. The minimum Gasteiger partial charge on any atom is -0.438 e. The van der Waals surface area contributed by atoms with Crippen LogP contribution >= 0.6 is 0 Å². The van der Waals surface area contributed by atoms with Crippen molar-refractivity contribution in [1.82, 2.24) is 10.3 Å². The second-order valence-electron chi connectivity index (χ2n) is 4.03. The average Bonchev–Trinajstić information content (AvgIpc) is 2.65. The summed E-state index contributed by atoms with van der Waals surface area (Å²) in [6.45, 7) is 0. The summed E-state index contributed by atoms with van der Waals surface area (Å²) in [4.78, 5) is 15.4. The Balaban J connectivity index is 1.87. The normalized spacial score (nSPS) is 18.4. The van der Waals surface area contributed by atoms with Gasteiger partial charge >= 0.3 is 0 Å². The number of nitrogens with zero attached hydrogens (tertiary/aromatic N) is 1. The van der Waals surface area contributed by atoms with Crippen LogP contribution in [0.25, 0.3) is 0 Å². The standard InChI is InChI=1S/C11H16N2O2/c14-11(10-7-12-8-15-10)13-9-5-3-1-2-4-6-9/h7-9H,1-6H2,(H,13,14). The van der Waals surface area contributed by atoms with Gasteiger partial charge in [-0.05, 0) is 12.8 Å². The Morgan fingerprint density at radius 2 is 2.07 bits per heavy atom. The molecule has 1 N–H and O–H groups in total. The van der Waals surface area contributed by atoms with Crippen LogP contribution in [-0.4, -0.2) is 16.9 Å². The van der Waals surface area contributed by atoms with E-state index >= 15 is 0 Å². The van der Waals surface area contributed by atoms with Gasteiger partial charge in [-0.1, -0.05) is 25.7 Å². The number of carbonyl (C=O) groups is 1. The number of nitrogens with one attached hydrogen (secondary N) is 1. The van der Waals surface area contributed by atoms with Gasteiger partial charge in [-0.25, -0.2) is 4.98 Å². The highest BCUT2D eigenvalue weighted by atomic mass is 16.3. The second-order valence-corrected chi connectivity index (χ2v) is 4.03. The van der Waals surface area contributed by atoms with Crippen LogP contribution in [0.5, 0.6) is 0 Å². The highest BCUT2D eigenvalue weighted by molar-refractivity contribution is 5.91. The number of oxazole rings is 1. The molecule has 1 amide bonds. The average molecular weight is 208 g/mol. The van der Waals surface area contributed by atoms with E-state index in [9.17, 15) is 4.79 Å². The van der Waals surface area contributed by atoms with Crippen LogP contribution in [0.4, 0.5) is 0 Å². The summed E-state index contributed by atoms with van der Waals surface area (Å²) in [5, 5.41) is 2.99. The molecular formula is C11H16N2O2. The number of carbonyl (C=O) groups excluding carboxylic acids is 1. The van der Waals surface area contributed by atoms with Gasteiger partial charge in [-0.15, -0.1) is 0 Å². The van der Waals surface area contributed by atoms with Crippen molar-refractivity contribution in [2.75, 3.05) is 0 Å². The minimum atomic E-state index is -0.139. The SMILES string of the molecule is O=C(NC1CCCCCC1)c1cnco1. The smallest absolute Gasteiger partial charge is 0.288 e. The molecule has 1 aromatic heterocycles. The quantitative estimate of drug-likeness (QED) is 0.757. The predicted molar refractivity (Wildman–Crippen MR) is 55.5 cm³/mol. The van der Waals surface area contributed by atoms with E-state index in [2.05, 4.69) is 10.3 Å². The molecule has 2 rings (SSSR count). The molecule has 82 valence electrons. The molecule has 0 unspecified atom stereocenters. The van der Waals surface area contributed by atoms with E-state index in [1.165, 1.54) is 38.3 Å². The summed E-state index contributed by atoms with van der Waals surface area (Å²) < 4.78 is 4.94. The first kappa shape index (κ1) is 10.2. The van der Waals surface area contributed by atoms with Gasteiger partial charge in [0.1, 0.15) is 0 Å². The summed E-state index contributed by atoms with van der Waals surface area (Å²) in [6.07, 6.45) is 9.89. The molecule has 0 aliphatic heterocycles. The summed E-state index contributed by atoms with van der Waals surface area (Å²) >= 11 is 0. The Kier molecular flexibility index (Phi) is 3.37. The molecule has 4 heteroatoms. The van der Waals surface area contributed by atoms with Gasteiger partial charge in [-0.2, -0.15) is 0 Å². The Morgan fingerprint density at radius 1 is 1.33 bits per heavy atom. The van der Waals surface area contributed by atoms with Crippen LogP contribution in [0.1, 0.15) is 49.1 Å². The molecule has 1 aliphatic carbocycles. The fraction of sp³-hybridized carbons (Fsp3) is 0.636. The van der Waals surface area contributed by atoms with E-state index in [0.29, 0.717) is 11.8 Å². The third-order valence-corrected chi connectivity index (χ3v) is 2.85. The van der Waals surface area contributed by atoms with Crippen LogP contribution in [0.2, 0.25) is 0 Å². The van der Waals surface area contributed by atoms with E-state index < -0.39 is 0 Å². The molecule has 15 heavy (non-hydrogen) atoms. The van der Waals surface area contributed by atoms with Gasteiger partial charge in [0.2, 0.25) is 5.76 Å². The molecular weight excluding hydrogens is 192 g/mol. The van der Waals surface area contributed by atoms with E-state index in [1.807, 2.05) is 0 Å². The minimum absolute atomic E-state index is 0.139. The molecule has 0 saturated heterocycles. The van der Waals surface area contributed by atoms with Crippen LogP contribution < -0.4 is 5.32 Å². The maximum atomic E-state index is 11.6. The number of aromatic nitrogens is 1. The Labute approximate surface area is 89.1 Å². The summed E-state index contributed by atoms with van der Waals surface area (Å²) in [7, 11) is 0. The molecule has 0 spiro atoms.